The molecule has 7 nitrogen and oxygen atoms in total. The highest BCUT2D eigenvalue weighted by Gasteiger charge is 2.28. The molecule has 0 aliphatic carbocycles. The van der Waals surface area contributed by atoms with Crippen LogP contribution in [0.25, 0.3) is 0 Å². The molecule has 0 fully saturated rings. The highest BCUT2D eigenvalue weighted by Crippen LogP contribution is 2.32. The first-order valence-corrected chi connectivity index (χ1v) is 11.1. The SMILES string of the molecule is CCCNC(=O)[C@@H](CC)N(Cc1ccc(OC)cc1)C(=O)CCc1ccc2c(c1)OCO2. The van der Waals surface area contributed by atoms with E-state index in [1.807, 2.05) is 56.3 Å². The van der Waals surface area contributed by atoms with E-state index in [4.69, 9.17) is 14.2 Å². The minimum absolute atomic E-state index is 0.0583. The average Bonchev–Trinajstić information content (AvgIpc) is 3.29. The average molecular weight is 441 g/mol. The number of carbonyl (C=O) groups excluding carboxylic acids is 2. The number of rotatable bonds is 11. The van der Waals surface area contributed by atoms with Gasteiger partial charge in [0.1, 0.15) is 11.8 Å². The lowest BCUT2D eigenvalue weighted by Gasteiger charge is -2.31. The summed E-state index contributed by atoms with van der Waals surface area (Å²) in [5, 5.41) is 2.94. The first-order valence-electron chi connectivity index (χ1n) is 11.1. The van der Waals surface area contributed by atoms with Gasteiger partial charge in [-0.15, -0.1) is 0 Å². The number of carbonyl (C=O) groups is 2. The number of ether oxygens (including phenoxy) is 3. The van der Waals surface area contributed by atoms with Crippen LogP contribution in [0.5, 0.6) is 17.2 Å². The van der Waals surface area contributed by atoms with Crippen molar-refractivity contribution in [1.29, 1.82) is 0 Å². The van der Waals surface area contributed by atoms with E-state index in [-0.39, 0.29) is 18.6 Å². The molecule has 0 saturated heterocycles. The Balaban J connectivity index is 1.74. The van der Waals surface area contributed by atoms with Crippen molar-refractivity contribution in [1.82, 2.24) is 10.2 Å². The van der Waals surface area contributed by atoms with Gasteiger partial charge in [-0.05, 0) is 54.7 Å². The molecule has 2 aromatic carbocycles. The third kappa shape index (κ3) is 5.93. The molecule has 1 N–H and O–H groups in total. The maximum atomic E-state index is 13.3. The molecule has 7 heteroatoms. The van der Waals surface area contributed by atoms with Crippen LogP contribution in [0.2, 0.25) is 0 Å². The van der Waals surface area contributed by atoms with Crippen LogP contribution in [0.15, 0.2) is 42.5 Å². The Hall–Kier alpha value is -3.22. The van der Waals surface area contributed by atoms with Crippen molar-refractivity contribution in [3.63, 3.8) is 0 Å². The molecule has 172 valence electrons. The van der Waals surface area contributed by atoms with Crippen LogP contribution in [-0.2, 0) is 22.6 Å². The standard InChI is InChI=1S/C25H32N2O5/c1-4-14-26-25(29)21(5-2)27(16-19-6-10-20(30-3)11-7-19)24(28)13-9-18-8-12-22-23(15-18)32-17-31-22/h6-8,10-12,15,21H,4-5,9,13-14,16-17H2,1-3H3,(H,26,29)/t21-/m1/s1. The molecular weight excluding hydrogens is 408 g/mol. The first-order chi connectivity index (χ1) is 15.5. The van der Waals surface area contributed by atoms with Gasteiger partial charge in [0.15, 0.2) is 11.5 Å². The van der Waals surface area contributed by atoms with Gasteiger partial charge >= 0.3 is 0 Å². The second-order valence-corrected chi connectivity index (χ2v) is 7.77. The fourth-order valence-corrected chi connectivity index (χ4v) is 3.70. The van der Waals surface area contributed by atoms with E-state index in [2.05, 4.69) is 5.32 Å². The van der Waals surface area contributed by atoms with E-state index in [0.29, 0.717) is 38.1 Å². The highest BCUT2D eigenvalue weighted by atomic mass is 16.7. The molecule has 2 amide bonds. The van der Waals surface area contributed by atoms with E-state index < -0.39 is 6.04 Å². The second kappa shape index (κ2) is 11.4. The van der Waals surface area contributed by atoms with Crippen LogP contribution in [0.4, 0.5) is 0 Å². The summed E-state index contributed by atoms with van der Waals surface area (Å²) in [5.74, 6) is 2.01. The lowest BCUT2D eigenvalue weighted by atomic mass is 10.1. The largest absolute Gasteiger partial charge is 0.497 e. The van der Waals surface area contributed by atoms with Crippen molar-refractivity contribution < 1.29 is 23.8 Å². The van der Waals surface area contributed by atoms with Crippen molar-refractivity contribution >= 4 is 11.8 Å². The molecule has 0 aromatic heterocycles. The smallest absolute Gasteiger partial charge is 0.242 e. The zero-order valence-electron chi connectivity index (χ0n) is 19.1. The number of benzene rings is 2. The van der Waals surface area contributed by atoms with Gasteiger partial charge in [0.25, 0.3) is 0 Å². The number of methoxy groups -OCH3 is 1. The van der Waals surface area contributed by atoms with E-state index in [1.165, 1.54) is 0 Å². The van der Waals surface area contributed by atoms with Crippen molar-refractivity contribution in [2.45, 2.75) is 52.1 Å². The Labute approximate surface area is 189 Å². The molecule has 0 bridgehead atoms. The van der Waals surface area contributed by atoms with Gasteiger partial charge in [0.05, 0.1) is 7.11 Å². The Morgan fingerprint density at radius 3 is 2.47 bits per heavy atom. The van der Waals surface area contributed by atoms with Crippen LogP contribution >= 0.6 is 0 Å². The number of aryl methyl sites for hydroxylation is 1. The van der Waals surface area contributed by atoms with E-state index in [0.717, 1.165) is 29.0 Å². The topological polar surface area (TPSA) is 77.1 Å². The van der Waals surface area contributed by atoms with Crippen molar-refractivity contribution in [2.75, 3.05) is 20.4 Å². The predicted octanol–water partition coefficient (Wildman–Crippen LogP) is 3.69. The third-order valence-corrected chi connectivity index (χ3v) is 5.51. The molecule has 2 aromatic rings. The van der Waals surface area contributed by atoms with Crippen molar-refractivity contribution in [2.24, 2.45) is 0 Å². The Morgan fingerprint density at radius 1 is 1.06 bits per heavy atom. The molecule has 3 rings (SSSR count). The van der Waals surface area contributed by atoms with Crippen molar-refractivity contribution in [3.05, 3.63) is 53.6 Å². The van der Waals surface area contributed by atoms with Gasteiger partial charge < -0.3 is 24.4 Å². The summed E-state index contributed by atoms with van der Waals surface area (Å²) in [7, 11) is 1.62. The Kier molecular flexibility index (Phi) is 8.36. The van der Waals surface area contributed by atoms with Gasteiger partial charge in [0.2, 0.25) is 18.6 Å². The Morgan fingerprint density at radius 2 is 1.78 bits per heavy atom. The zero-order valence-corrected chi connectivity index (χ0v) is 19.1. The maximum absolute atomic E-state index is 13.3. The van der Waals surface area contributed by atoms with E-state index in [9.17, 15) is 9.59 Å². The molecular formula is C25H32N2O5. The fraction of sp³-hybridized carbons (Fsp3) is 0.440. The fourth-order valence-electron chi connectivity index (χ4n) is 3.70. The summed E-state index contributed by atoms with van der Waals surface area (Å²) in [6.45, 7) is 5.12. The van der Waals surface area contributed by atoms with Gasteiger partial charge in [0, 0.05) is 19.5 Å². The monoisotopic (exact) mass is 440 g/mol. The summed E-state index contributed by atoms with van der Waals surface area (Å²) >= 11 is 0. The summed E-state index contributed by atoms with van der Waals surface area (Å²) in [4.78, 5) is 27.8. The van der Waals surface area contributed by atoms with Crippen LogP contribution in [0, 0.1) is 0 Å². The zero-order chi connectivity index (χ0) is 22.9. The predicted molar refractivity (Wildman–Crippen MR) is 122 cm³/mol. The van der Waals surface area contributed by atoms with E-state index >= 15 is 0 Å². The summed E-state index contributed by atoms with van der Waals surface area (Å²) in [5.41, 5.74) is 1.94. The lowest BCUT2D eigenvalue weighted by Crippen LogP contribution is -2.49. The molecule has 1 heterocycles. The number of nitrogens with one attached hydrogen (secondary N) is 1. The first kappa shape index (κ1) is 23.4. The third-order valence-electron chi connectivity index (χ3n) is 5.51. The van der Waals surface area contributed by atoms with Gasteiger partial charge in [-0.1, -0.05) is 32.0 Å². The van der Waals surface area contributed by atoms with Crippen LogP contribution in [-0.4, -0.2) is 43.2 Å². The highest BCUT2D eigenvalue weighted by molar-refractivity contribution is 5.87. The van der Waals surface area contributed by atoms with Gasteiger partial charge in [-0.2, -0.15) is 0 Å². The molecule has 32 heavy (non-hydrogen) atoms. The van der Waals surface area contributed by atoms with E-state index in [1.54, 1.807) is 12.0 Å². The maximum Gasteiger partial charge on any atom is 0.242 e. The molecule has 0 saturated carbocycles. The molecule has 0 radical (unpaired) electrons. The van der Waals surface area contributed by atoms with Gasteiger partial charge in [-0.25, -0.2) is 0 Å². The minimum Gasteiger partial charge on any atom is -0.497 e. The lowest BCUT2D eigenvalue weighted by molar-refractivity contribution is -0.141. The molecule has 1 atom stereocenters. The Bertz CT molecular complexity index is 913. The normalized spacial score (nSPS) is 12.8. The summed E-state index contributed by atoms with van der Waals surface area (Å²) < 4.78 is 16.0. The quantitative estimate of drug-likeness (QED) is 0.577. The number of amides is 2. The minimum atomic E-state index is -0.520. The second-order valence-electron chi connectivity index (χ2n) is 7.77. The number of hydrogen-bond acceptors (Lipinski definition) is 5. The van der Waals surface area contributed by atoms with Crippen LogP contribution in [0.3, 0.4) is 0 Å². The van der Waals surface area contributed by atoms with Crippen LogP contribution in [0.1, 0.15) is 44.2 Å². The summed E-state index contributed by atoms with van der Waals surface area (Å²) in [6.07, 6.45) is 2.25. The molecule has 1 aliphatic heterocycles. The molecule has 1 aliphatic rings. The molecule has 0 spiro atoms. The number of fused-ring (bicyclic) bond motifs is 1. The van der Waals surface area contributed by atoms with Gasteiger partial charge in [-0.3, -0.25) is 9.59 Å². The molecule has 0 unspecified atom stereocenters. The number of nitrogens with zero attached hydrogens (tertiary/aromatic N) is 1. The van der Waals surface area contributed by atoms with Crippen molar-refractivity contribution in [3.8, 4) is 17.2 Å². The summed E-state index contributed by atoms with van der Waals surface area (Å²) in [6, 6.07) is 12.8. The number of hydrogen-bond donors (Lipinski definition) is 1. The van der Waals surface area contributed by atoms with Crippen LogP contribution < -0.4 is 19.5 Å².